The molecule has 1 atom stereocenters. The van der Waals surface area contributed by atoms with E-state index >= 15 is 0 Å². The molecule has 0 spiro atoms. The van der Waals surface area contributed by atoms with Gasteiger partial charge in [0.15, 0.2) is 0 Å². The van der Waals surface area contributed by atoms with Crippen LogP contribution in [0.1, 0.15) is 13.8 Å². The lowest BCUT2D eigenvalue weighted by Gasteiger charge is -2.21. The van der Waals surface area contributed by atoms with Crippen LogP contribution in [0.15, 0.2) is 41.4 Å². The van der Waals surface area contributed by atoms with E-state index in [2.05, 4.69) is 0 Å². The third kappa shape index (κ3) is 2.95. The second-order valence-corrected chi connectivity index (χ2v) is 7.22. The molecule has 0 amide bonds. The quantitative estimate of drug-likeness (QED) is 0.517. The van der Waals surface area contributed by atoms with Crippen LogP contribution in [0, 0.1) is 11.3 Å². The van der Waals surface area contributed by atoms with E-state index in [4.69, 9.17) is 21.6 Å². The lowest BCUT2D eigenvalue weighted by molar-refractivity contribution is 0.380. The Labute approximate surface area is 106 Å². The zero-order chi connectivity index (χ0) is 12.9. The van der Waals surface area contributed by atoms with Gasteiger partial charge in [-0.05, 0) is 13.8 Å². The molecule has 17 heavy (non-hydrogen) atoms. The number of benzene rings is 1. The molecule has 5 heteroatoms. The fraction of sp³-hybridized carbons (Fsp3) is 0.250. The summed E-state index contributed by atoms with van der Waals surface area (Å²) in [5.74, 6) is -0.0619. The molecule has 0 bridgehead atoms. The van der Waals surface area contributed by atoms with E-state index in [-0.39, 0.29) is 11.1 Å². The van der Waals surface area contributed by atoms with Gasteiger partial charge in [-0.1, -0.05) is 42.1 Å². The molecule has 0 aliphatic carbocycles. The van der Waals surface area contributed by atoms with Gasteiger partial charge in [-0.15, -0.1) is 0 Å². The minimum atomic E-state index is -2.64. The van der Waals surface area contributed by atoms with Gasteiger partial charge in [0.1, 0.15) is 23.4 Å². The van der Waals surface area contributed by atoms with Crippen molar-refractivity contribution in [2.45, 2.75) is 13.8 Å². The first-order valence-electron chi connectivity index (χ1n) is 5.17. The van der Waals surface area contributed by atoms with Crippen LogP contribution in [0.2, 0.25) is 0 Å². The summed E-state index contributed by atoms with van der Waals surface area (Å²) in [6.45, 7) is 3.69. The van der Waals surface area contributed by atoms with Crippen molar-refractivity contribution in [3.05, 3.63) is 41.4 Å². The molecule has 1 aromatic carbocycles. The summed E-state index contributed by atoms with van der Waals surface area (Å²) in [6.07, 6.45) is -2.64. The maximum absolute atomic E-state index is 9.57. The lowest BCUT2D eigenvalue weighted by Crippen LogP contribution is -2.09. The molecule has 0 aromatic heterocycles. The third-order valence-corrected chi connectivity index (χ3v) is 6.26. The van der Waals surface area contributed by atoms with Gasteiger partial charge < -0.3 is 9.63 Å². The van der Waals surface area contributed by atoms with Gasteiger partial charge in [0.25, 0.3) is 0 Å². The predicted molar refractivity (Wildman–Crippen MR) is 72.9 cm³/mol. The number of aliphatic hydroxyl groups is 1. The standard InChI is InChI=1S/C12H14NO2PS/c1-3-15-16(17,12(9-13)10(2)14)11-7-5-4-6-8-11/h4-8,14H,3H2,1-2H3/b12-10-. The third-order valence-electron chi connectivity index (χ3n) is 2.15. The number of hydrogen-bond acceptors (Lipinski definition) is 4. The van der Waals surface area contributed by atoms with Crippen LogP contribution >= 0.6 is 6.26 Å². The number of allylic oxidation sites excluding steroid dienone is 2. The highest BCUT2D eigenvalue weighted by Crippen LogP contribution is 2.54. The molecule has 1 aromatic rings. The Morgan fingerprint density at radius 2 is 2.06 bits per heavy atom. The Balaban J connectivity index is 3.40. The number of nitriles is 1. The van der Waals surface area contributed by atoms with Crippen molar-refractivity contribution in [2.24, 2.45) is 0 Å². The molecule has 0 saturated carbocycles. The van der Waals surface area contributed by atoms with Gasteiger partial charge in [0.2, 0.25) is 0 Å². The number of aliphatic hydroxyl groups excluding tert-OH is 1. The highest BCUT2D eigenvalue weighted by Gasteiger charge is 2.27. The summed E-state index contributed by atoms with van der Waals surface area (Å²) >= 11 is 5.51. The maximum atomic E-state index is 9.57. The summed E-state index contributed by atoms with van der Waals surface area (Å²) in [7, 11) is 0. The smallest absolute Gasteiger partial charge is 0.136 e. The normalized spacial score (nSPS) is 15.6. The molecule has 1 rings (SSSR count). The van der Waals surface area contributed by atoms with Gasteiger partial charge in [0, 0.05) is 11.9 Å². The Kier molecular flexibility index (Phi) is 4.89. The Hall–Kier alpha value is -1.14. The SMILES string of the molecule is CCOP(=S)(/C(C#N)=C(/C)O)c1ccccc1. The van der Waals surface area contributed by atoms with E-state index in [1.807, 2.05) is 43.3 Å². The molecule has 90 valence electrons. The van der Waals surface area contributed by atoms with Crippen LogP contribution in [0.5, 0.6) is 0 Å². The van der Waals surface area contributed by atoms with Crippen LogP contribution in [0.4, 0.5) is 0 Å². The van der Waals surface area contributed by atoms with Crippen molar-refractivity contribution in [2.75, 3.05) is 6.61 Å². The maximum Gasteiger partial charge on any atom is 0.136 e. The zero-order valence-corrected chi connectivity index (χ0v) is 11.5. The first-order valence-corrected chi connectivity index (χ1v) is 7.89. The van der Waals surface area contributed by atoms with Crippen molar-refractivity contribution in [1.29, 1.82) is 5.26 Å². The zero-order valence-electron chi connectivity index (χ0n) is 9.75. The highest BCUT2D eigenvalue weighted by atomic mass is 32.4. The fourth-order valence-electron chi connectivity index (χ4n) is 1.43. The second-order valence-electron chi connectivity index (χ2n) is 3.35. The molecule has 0 aliphatic rings. The monoisotopic (exact) mass is 267 g/mol. The summed E-state index contributed by atoms with van der Waals surface area (Å²) in [5.41, 5.74) is 0. The van der Waals surface area contributed by atoms with E-state index in [9.17, 15) is 5.11 Å². The molecular formula is C12H14NO2PS. The lowest BCUT2D eigenvalue weighted by atomic mass is 10.4. The Morgan fingerprint density at radius 3 is 2.47 bits per heavy atom. The molecular weight excluding hydrogens is 253 g/mol. The van der Waals surface area contributed by atoms with Crippen LogP contribution in [0.3, 0.4) is 0 Å². The van der Waals surface area contributed by atoms with Gasteiger partial charge in [-0.25, -0.2) is 0 Å². The number of nitrogens with zero attached hydrogens (tertiary/aromatic N) is 1. The molecule has 0 fully saturated rings. The second kappa shape index (κ2) is 5.97. The molecule has 0 radical (unpaired) electrons. The predicted octanol–water partition coefficient (Wildman–Crippen LogP) is 3.06. The summed E-state index contributed by atoms with van der Waals surface area (Å²) < 4.78 is 5.62. The molecule has 0 heterocycles. The van der Waals surface area contributed by atoms with E-state index in [0.29, 0.717) is 6.61 Å². The average molecular weight is 267 g/mol. The molecule has 0 saturated heterocycles. The summed E-state index contributed by atoms with van der Waals surface area (Å²) in [4.78, 5) is 0. The van der Waals surface area contributed by atoms with Gasteiger partial charge in [0.05, 0.1) is 0 Å². The number of rotatable bonds is 4. The minimum Gasteiger partial charge on any atom is -0.511 e. The van der Waals surface area contributed by atoms with Crippen molar-refractivity contribution in [1.82, 2.24) is 0 Å². The average Bonchev–Trinajstić information content (AvgIpc) is 2.31. The molecule has 3 nitrogen and oxygen atoms in total. The molecule has 1 N–H and O–H groups in total. The minimum absolute atomic E-state index is 0.0619. The topological polar surface area (TPSA) is 53.2 Å². The van der Waals surface area contributed by atoms with E-state index in [0.717, 1.165) is 5.30 Å². The van der Waals surface area contributed by atoms with E-state index < -0.39 is 6.26 Å². The molecule has 1 unspecified atom stereocenters. The number of hydrogen-bond donors (Lipinski definition) is 1. The van der Waals surface area contributed by atoms with Crippen LogP contribution in [0.25, 0.3) is 0 Å². The summed E-state index contributed by atoms with van der Waals surface area (Å²) in [6, 6.07) is 11.2. The van der Waals surface area contributed by atoms with Crippen LogP contribution in [-0.4, -0.2) is 11.7 Å². The van der Waals surface area contributed by atoms with Gasteiger partial charge >= 0.3 is 0 Å². The molecule has 0 aliphatic heterocycles. The Bertz CT molecular complexity index is 501. The van der Waals surface area contributed by atoms with E-state index in [1.54, 1.807) is 0 Å². The van der Waals surface area contributed by atoms with Gasteiger partial charge in [-0.3, -0.25) is 0 Å². The van der Waals surface area contributed by atoms with Gasteiger partial charge in [-0.2, -0.15) is 5.26 Å². The first kappa shape index (κ1) is 13.9. The first-order chi connectivity index (χ1) is 8.06. The largest absolute Gasteiger partial charge is 0.511 e. The Morgan fingerprint density at radius 1 is 1.47 bits per heavy atom. The fourth-order valence-corrected chi connectivity index (χ4v) is 4.66. The van der Waals surface area contributed by atoms with Crippen molar-refractivity contribution < 1.29 is 9.63 Å². The van der Waals surface area contributed by atoms with Crippen molar-refractivity contribution >= 4 is 23.4 Å². The van der Waals surface area contributed by atoms with Crippen LogP contribution < -0.4 is 5.30 Å². The van der Waals surface area contributed by atoms with Crippen LogP contribution in [-0.2, 0) is 16.3 Å². The van der Waals surface area contributed by atoms with Crippen molar-refractivity contribution in [3.63, 3.8) is 0 Å². The highest BCUT2D eigenvalue weighted by molar-refractivity contribution is 8.18. The summed E-state index contributed by atoms with van der Waals surface area (Å²) in [5, 5.41) is 19.7. The van der Waals surface area contributed by atoms with E-state index in [1.165, 1.54) is 6.92 Å². The van der Waals surface area contributed by atoms with Crippen molar-refractivity contribution in [3.8, 4) is 6.07 Å².